The number of rotatable bonds is 2. The lowest BCUT2D eigenvalue weighted by Crippen LogP contribution is -2.34. The van der Waals surface area contributed by atoms with Crippen LogP contribution < -0.4 is 4.90 Å². The summed E-state index contributed by atoms with van der Waals surface area (Å²) in [6, 6.07) is -0.549. The number of benzene rings is 1. The van der Waals surface area contributed by atoms with Gasteiger partial charge in [0.05, 0.1) is 29.0 Å². The second kappa shape index (κ2) is 6.77. The van der Waals surface area contributed by atoms with Gasteiger partial charge in [-0.05, 0) is 25.0 Å². The van der Waals surface area contributed by atoms with Crippen molar-refractivity contribution >= 4 is 5.69 Å². The lowest BCUT2D eigenvalue weighted by Gasteiger charge is -2.30. The molecule has 2 aliphatic rings. The Bertz CT molecular complexity index is 720. The Kier molecular flexibility index (Phi) is 4.99. The Labute approximate surface area is 154 Å². The van der Waals surface area contributed by atoms with Gasteiger partial charge in [0.2, 0.25) is 0 Å². The van der Waals surface area contributed by atoms with Crippen LogP contribution in [0.5, 0.6) is 0 Å². The van der Waals surface area contributed by atoms with Crippen molar-refractivity contribution in [1.82, 2.24) is 4.90 Å². The quantitative estimate of drug-likeness (QED) is 0.525. The van der Waals surface area contributed by atoms with E-state index < -0.39 is 40.9 Å². The van der Waals surface area contributed by atoms with E-state index in [0.29, 0.717) is 4.90 Å². The van der Waals surface area contributed by atoms with Gasteiger partial charge in [0.25, 0.3) is 0 Å². The summed E-state index contributed by atoms with van der Waals surface area (Å²) in [6.07, 6.45) is -10.4. The van der Waals surface area contributed by atoms with Gasteiger partial charge in [-0.2, -0.15) is 39.5 Å². The van der Waals surface area contributed by atoms with Crippen LogP contribution in [0.1, 0.15) is 42.4 Å². The smallest absolute Gasteiger partial charge is 0.355 e. The average molecular weight is 418 g/mol. The Morgan fingerprint density at radius 2 is 1.21 bits per heavy atom. The van der Waals surface area contributed by atoms with Crippen LogP contribution in [0.25, 0.3) is 0 Å². The number of alkyl halides is 9. The van der Waals surface area contributed by atoms with Gasteiger partial charge >= 0.3 is 18.5 Å². The molecule has 0 radical (unpaired) electrons. The first-order chi connectivity index (χ1) is 12.8. The minimum Gasteiger partial charge on any atom is -0.355 e. The number of nitrogens with zero attached hydrogens (tertiary/aromatic N) is 2. The summed E-state index contributed by atoms with van der Waals surface area (Å²) in [5.74, 6) is 0. The maximum Gasteiger partial charge on any atom is 0.418 e. The Morgan fingerprint density at radius 3 is 1.64 bits per heavy atom. The first-order valence-corrected chi connectivity index (χ1v) is 8.39. The van der Waals surface area contributed by atoms with Gasteiger partial charge in [-0.15, -0.1) is 0 Å². The molecule has 156 valence electrons. The molecule has 0 atom stereocenters. The summed E-state index contributed by atoms with van der Waals surface area (Å²) < 4.78 is 119. The van der Waals surface area contributed by atoms with Gasteiger partial charge in [0, 0.05) is 18.4 Å². The van der Waals surface area contributed by atoms with Gasteiger partial charge in [-0.1, -0.05) is 12.8 Å². The second-order valence-electron chi connectivity index (χ2n) is 6.78. The summed E-state index contributed by atoms with van der Waals surface area (Å²) in [5, 5.41) is 0. The van der Waals surface area contributed by atoms with Gasteiger partial charge in [0.1, 0.15) is 0 Å². The largest absolute Gasteiger partial charge is 0.418 e. The normalized spacial score (nSPS) is 19.2. The summed E-state index contributed by atoms with van der Waals surface area (Å²) in [7, 11) is 0. The predicted molar refractivity (Wildman–Crippen MR) is 82.0 cm³/mol. The van der Waals surface area contributed by atoms with Gasteiger partial charge in [-0.3, -0.25) is 0 Å². The van der Waals surface area contributed by atoms with Crippen molar-refractivity contribution in [2.75, 3.05) is 11.6 Å². The van der Waals surface area contributed by atoms with Crippen LogP contribution in [0.3, 0.4) is 0 Å². The molecule has 0 N–H and O–H groups in total. The van der Waals surface area contributed by atoms with E-state index in [4.69, 9.17) is 0 Å². The molecule has 1 fully saturated rings. The monoisotopic (exact) mass is 418 g/mol. The standard InChI is InChI=1S/C17H15F9N2/c18-15(19,20)10-7-12(16(21,22)23)14(13(8-10)17(24,25)26)28-6-5-27(9-28)11-3-1-2-4-11/h5-8,11H,1-4,9H2. The predicted octanol–water partition coefficient (Wildman–Crippen LogP) is 6.24. The minimum absolute atomic E-state index is 0.0145. The summed E-state index contributed by atoms with van der Waals surface area (Å²) in [4.78, 5) is 2.33. The van der Waals surface area contributed by atoms with E-state index in [1.807, 2.05) is 0 Å². The second-order valence-corrected chi connectivity index (χ2v) is 6.78. The third kappa shape index (κ3) is 4.02. The third-order valence-electron chi connectivity index (χ3n) is 4.88. The first kappa shape index (κ1) is 20.7. The van der Waals surface area contributed by atoms with E-state index in [0.717, 1.165) is 31.9 Å². The van der Waals surface area contributed by atoms with E-state index in [1.54, 1.807) is 4.90 Å². The zero-order valence-electron chi connectivity index (χ0n) is 14.2. The van der Waals surface area contributed by atoms with Crippen LogP contribution >= 0.6 is 0 Å². The Balaban J connectivity index is 2.12. The molecule has 1 saturated carbocycles. The van der Waals surface area contributed by atoms with Crippen molar-refractivity contribution in [1.29, 1.82) is 0 Å². The first-order valence-electron chi connectivity index (χ1n) is 8.39. The molecular weight excluding hydrogens is 403 g/mol. The minimum atomic E-state index is -5.40. The zero-order valence-corrected chi connectivity index (χ0v) is 14.2. The molecule has 0 spiro atoms. The van der Waals surface area contributed by atoms with Crippen molar-refractivity contribution in [2.24, 2.45) is 0 Å². The zero-order chi connectivity index (χ0) is 20.9. The fraction of sp³-hybridized carbons (Fsp3) is 0.529. The highest BCUT2D eigenvalue weighted by atomic mass is 19.4. The maximum atomic E-state index is 13.4. The average Bonchev–Trinajstić information content (AvgIpc) is 3.22. The Hall–Kier alpha value is -2.07. The van der Waals surface area contributed by atoms with Crippen LogP contribution in [0, 0.1) is 0 Å². The van der Waals surface area contributed by atoms with Crippen LogP contribution in [0.15, 0.2) is 24.5 Å². The highest BCUT2D eigenvalue weighted by molar-refractivity contribution is 5.66. The van der Waals surface area contributed by atoms with Crippen LogP contribution in [-0.4, -0.2) is 17.6 Å². The summed E-state index contributed by atoms with van der Waals surface area (Å²) in [6.45, 7) is -0.289. The molecule has 1 aromatic carbocycles. The summed E-state index contributed by atoms with van der Waals surface area (Å²) >= 11 is 0. The highest BCUT2D eigenvalue weighted by Crippen LogP contribution is 2.48. The fourth-order valence-corrected chi connectivity index (χ4v) is 3.59. The van der Waals surface area contributed by atoms with E-state index in [9.17, 15) is 39.5 Å². The number of hydrogen-bond acceptors (Lipinski definition) is 2. The molecule has 3 rings (SSSR count). The molecule has 0 aromatic heterocycles. The van der Waals surface area contributed by atoms with Crippen LogP contribution in [-0.2, 0) is 18.5 Å². The van der Waals surface area contributed by atoms with Crippen LogP contribution in [0.2, 0.25) is 0 Å². The molecule has 0 amide bonds. The molecule has 0 bridgehead atoms. The summed E-state index contributed by atoms with van der Waals surface area (Å²) in [5.41, 5.74) is -7.24. The van der Waals surface area contributed by atoms with Gasteiger partial charge in [0.15, 0.2) is 0 Å². The lowest BCUT2D eigenvalue weighted by molar-refractivity contribution is -0.147. The molecule has 1 aliphatic carbocycles. The van der Waals surface area contributed by atoms with Crippen molar-refractivity contribution in [3.63, 3.8) is 0 Å². The van der Waals surface area contributed by atoms with Crippen molar-refractivity contribution in [3.05, 3.63) is 41.2 Å². The molecule has 28 heavy (non-hydrogen) atoms. The van der Waals surface area contributed by atoms with Crippen LogP contribution in [0.4, 0.5) is 45.2 Å². The molecule has 0 unspecified atom stereocenters. The van der Waals surface area contributed by atoms with Crippen molar-refractivity contribution in [2.45, 2.75) is 50.3 Å². The van der Waals surface area contributed by atoms with Crippen molar-refractivity contribution in [3.8, 4) is 0 Å². The SMILES string of the molecule is FC(F)(F)c1cc(C(F)(F)F)c(N2C=CN(C3CCCC3)C2)c(C(F)(F)F)c1. The van der Waals surface area contributed by atoms with E-state index >= 15 is 0 Å². The van der Waals surface area contributed by atoms with E-state index in [2.05, 4.69) is 0 Å². The van der Waals surface area contributed by atoms with E-state index in [-0.39, 0.29) is 24.8 Å². The molecule has 1 aromatic rings. The molecule has 11 heteroatoms. The third-order valence-corrected chi connectivity index (χ3v) is 4.88. The molecule has 1 heterocycles. The highest BCUT2D eigenvalue weighted by Gasteiger charge is 2.46. The molecule has 1 aliphatic heterocycles. The number of anilines is 1. The van der Waals surface area contributed by atoms with Gasteiger partial charge in [-0.25, -0.2) is 0 Å². The van der Waals surface area contributed by atoms with E-state index in [1.165, 1.54) is 6.20 Å². The van der Waals surface area contributed by atoms with Crippen molar-refractivity contribution < 1.29 is 39.5 Å². The maximum absolute atomic E-state index is 13.4. The lowest BCUT2D eigenvalue weighted by atomic mass is 10.00. The number of hydrogen-bond donors (Lipinski definition) is 0. The topological polar surface area (TPSA) is 6.48 Å². The fourth-order valence-electron chi connectivity index (χ4n) is 3.59. The molecule has 0 saturated heterocycles. The Morgan fingerprint density at radius 1 is 0.714 bits per heavy atom. The number of halogens is 9. The van der Waals surface area contributed by atoms with Gasteiger partial charge < -0.3 is 9.80 Å². The molecule has 2 nitrogen and oxygen atoms in total. The molecular formula is C17H15F9N2.